The monoisotopic (exact) mass is 129 g/mol. The zero-order valence-electron chi connectivity index (χ0n) is 6.18. The summed E-state index contributed by atoms with van der Waals surface area (Å²) in [5, 5.41) is 3.23. The van der Waals surface area contributed by atoms with Crippen LogP contribution in [-0.2, 0) is 4.74 Å². The van der Waals surface area contributed by atoms with E-state index >= 15 is 0 Å². The highest BCUT2D eigenvalue weighted by Gasteiger charge is 2.26. The summed E-state index contributed by atoms with van der Waals surface area (Å²) in [6.45, 7) is 0.943. The molecule has 1 fully saturated rings. The first-order valence-corrected chi connectivity index (χ1v) is 3.53. The SMILES string of the molecule is CNC1CC(COC)C1. The molecule has 1 aliphatic carbocycles. The average Bonchev–Trinajstić information content (AvgIpc) is 1.77. The Morgan fingerprint density at radius 2 is 2.22 bits per heavy atom. The van der Waals surface area contributed by atoms with Crippen LogP contribution < -0.4 is 5.32 Å². The summed E-state index contributed by atoms with van der Waals surface area (Å²) in [5.41, 5.74) is 0. The van der Waals surface area contributed by atoms with Crippen molar-refractivity contribution in [1.29, 1.82) is 0 Å². The Hall–Kier alpha value is -0.0800. The van der Waals surface area contributed by atoms with E-state index < -0.39 is 0 Å². The van der Waals surface area contributed by atoms with Gasteiger partial charge in [-0.2, -0.15) is 0 Å². The van der Waals surface area contributed by atoms with Crippen LogP contribution in [0.15, 0.2) is 0 Å². The van der Waals surface area contributed by atoms with E-state index in [9.17, 15) is 0 Å². The van der Waals surface area contributed by atoms with Gasteiger partial charge in [0.25, 0.3) is 0 Å². The Morgan fingerprint density at radius 1 is 1.56 bits per heavy atom. The number of ether oxygens (including phenoxy) is 1. The third-order valence-electron chi connectivity index (χ3n) is 2.05. The lowest BCUT2D eigenvalue weighted by atomic mass is 9.81. The van der Waals surface area contributed by atoms with Gasteiger partial charge in [0, 0.05) is 19.8 Å². The van der Waals surface area contributed by atoms with E-state index in [2.05, 4.69) is 5.32 Å². The molecule has 1 saturated carbocycles. The highest BCUT2D eigenvalue weighted by molar-refractivity contribution is 4.83. The molecule has 0 heterocycles. The van der Waals surface area contributed by atoms with Gasteiger partial charge in [0.05, 0.1) is 0 Å². The number of rotatable bonds is 3. The lowest BCUT2D eigenvalue weighted by Gasteiger charge is -2.34. The molecule has 1 rings (SSSR count). The molecule has 54 valence electrons. The zero-order valence-corrected chi connectivity index (χ0v) is 6.18. The van der Waals surface area contributed by atoms with Gasteiger partial charge in [-0.25, -0.2) is 0 Å². The van der Waals surface area contributed by atoms with Crippen LogP contribution in [-0.4, -0.2) is 26.8 Å². The highest BCUT2D eigenvalue weighted by atomic mass is 16.5. The molecule has 0 saturated heterocycles. The summed E-state index contributed by atoms with van der Waals surface area (Å²) in [5.74, 6) is 0.826. The molecule has 0 atom stereocenters. The number of hydrogen-bond acceptors (Lipinski definition) is 2. The number of nitrogens with one attached hydrogen (secondary N) is 1. The van der Waals surface area contributed by atoms with E-state index in [-0.39, 0.29) is 0 Å². The van der Waals surface area contributed by atoms with E-state index in [4.69, 9.17) is 4.74 Å². The van der Waals surface area contributed by atoms with Crippen molar-refractivity contribution >= 4 is 0 Å². The number of methoxy groups -OCH3 is 1. The molecule has 0 bridgehead atoms. The van der Waals surface area contributed by atoms with Crippen LogP contribution in [0.4, 0.5) is 0 Å². The maximum atomic E-state index is 5.01. The fourth-order valence-corrected chi connectivity index (χ4v) is 1.34. The van der Waals surface area contributed by atoms with Crippen molar-refractivity contribution in [1.82, 2.24) is 5.32 Å². The third kappa shape index (κ3) is 1.66. The Morgan fingerprint density at radius 3 is 2.67 bits per heavy atom. The van der Waals surface area contributed by atoms with Crippen molar-refractivity contribution in [3.63, 3.8) is 0 Å². The van der Waals surface area contributed by atoms with E-state index in [0.29, 0.717) is 0 Å². The highest BCUT2D eigenvalue weighted by Crippen LogP contribution is 2.26. The van der Waals surface area contributed by atoms with Gasteiger partial charge >= 0.3 is 0 Å². The maximum Gasteiger partial charge on any atom is 0.0491 e. The Labute approximate surface area is 56.6 Å². The van der Waals surface area contributed by atoms with Crippen molar-refractivity contribution in [3.8, 4) is 0 Å². The second-order valence-electron chi connectivity index (χ2n) is 2.78. The lowest BCUT2D eigenvalue weighted by molar-refractivity contribution is 0.0910. The fraction of sp³-hybridized carbons (Fsp3) is 1.00. The van der Waals surface area contributed by atoms with Crippen molar-refractivity contribution in [2.24, 2.45) is 5.92 Å². The first-order valence-electron chi connectivity index (χ1n) is 3.53. The van der Waals surface area contributed by atoms with Gasteiger partial charge in [-0.05, 0) is 25.8 Å². The average molecular weight is 129 g/mol. The molecule has 2 nitrogen and oxygen atoms in total. The summed E-state index contributed by atoms with van der Waals surface area (Å²) < 4.78 is 5.01. The first kappa shape index (κ1) is 7.03. The van der Waals surface area contributed by atoms with Crippen LogP contribution in [0.2, 0.25) is 0 Å². The van der Waals surface area contributed by atoms with Gasteiger partial charge in [-0.15, -0.1) is 0 Å². The van der Waals surface area contributed by atoms with Gasteiger partial charge in [0.2, 0.25) is 0 Å². The molecule has 0 radical (unpaired) electrons. The molecule has 1 N–H and O–H groups in total. The van der Waals surface area contributed by atoms with Crippen molar-refractivity contribution in [2.45, 2.75) is 18.9 Å². The van der Waals surface area contributed by atoms with Gasteiger partial charge in [-0.1, -0.05) is 0 Å². The Kier molecular flexibility index (Phi) is 2.49. The molecule has 0 aromatic heterocycles. The lowest BCUT2D eigenvalue weighted by Crippen LogP contribution is -2.40. The van der Waals surface area contributed by atoms with E-state index in [1.54, 1.807) is 7.11 Å². The van der Waals surface area contributed by atoms with Gasteiger partial charge in [0.1, 0.15) is 0 Å². The molecule has 0 aromatic rings. The number of hydrogen-bond donors (Lipinski definition) is 1. The third-order valence-corrected chi connectivity index (χ3v) is 2.05. The van der Waals surface area contributed by atoms with E-state index in [1.165, 1.54) is 12.8 Å². The quantitative estimate of drug-likeness (QED) is 0.603. The fourth-order valence-electron chi connectivity index (χ4n) is 1.34. The molecule has 1 aliphatic rings. The summed E-state index contributed by atoms with van der Waals surface area (Å²) in [6.07, 6.45) is 2.59. The van der Waals surface area contributed by atoms with E-state index in [0.717, 1.165) is 18.6 Å². The molecule has 0 unspecified atom stereocenters. The summed E-state index contributed by atoms with van der Waals surface area (Å²) in [4.78, 5) is 0. The maximum absolute atomic E-state index is 5.01. The second-order valence-corrected chi connectivity index (χ2v) is 2.78. The van der Waals surface area contributed by atoms with Gasteiger partial charge in [-0.3, -0.25) is 0 Å². The minimum atomic E-state index is 0.769. The Bertz CT molecular complexity index is 79.0. The molecule has 0 amide bonds. The van der Waals surface area contributed by atoms with Gasteiger partial charge < -0.3 is 10.1 Å². The molecule has 0 spiro atoms. The molecular formula is C7H15NO. The molecule has 2 heteroatoms. The predicted molar refractivity (Wildman–Crippen MR) is 37.4 cm³/mol. The van der Waals surface area contributed by atoms with Crippen molar-refractivity contribution in [3.05, 3.63) is 0 Å². The van der Waals surface area contributed by atoms with Crippen LogP contribution in [0.3, 0.4) is 0 Å². The molecular weight excluding hydrogens is 114 g/mol. The minimum Gasteiger partial charge on any atom is -0.384 e. The van der Waals surface area contributed by atoms with Crippen LogP contribution in [0, 0.1) is 5.92 Å². The topological polar surface area (TPSA) is 21.3 Å². The largest absolute Gasteiger partial charge is 0.384 e. The van der Waals surface area contributed by atoms with Gasteiger partial charge in [0.15, 0.2) is 0 Å². The van der Waals surface area contributed by atoms with Crippen molar-refractivity contribution < 1.29 is 4.74 Å². The normalized spacial score (nSPS) is 34.0. The van der Waals surface area contributed by atoms with Crippen LogP contribution in [0.5, 0.6) is 0 Å². The van der Waals surface area contributed by atoms with Crippen LogP contribution in [0.1, 0.15) is 12.8 Å². The molecule has 9 heavy (non-hydrogen) atoms. The molecule has 0 aromatic carbocycles. The molecule has 0 aliphatic heterocycles. The Balaban J connectivity index is 1.98. The van der Waals surface area contributed by atoms with Crippen LogP contribution >= 0.6 is 0 Å². The summed E-state index contributed by atoms with van der Waals surface area (Å²) in [7, 11) is 3.79. The second kappa shape index (κ2) is 3.18. The predicted octanol–water partition coefficient (Wildman–Crippen LogP) is 0.631. The zero-order chi connectivity index (χ0) is 6.69. The summed E-state index contributed by atoms with van der Waals surface area (Å²) >= 11 is 0. The smallest absolute Gasteiger partial charge is 0.0491 e. The first-order chi connectivity index (χ1) is 4.36. The minimum absolute atomic E-state index is 0.769. The standard InChI is InChI=1S/C7H15NO/c1-8-7-3-6(4-7)5-9-2/h6-8H,3-5H2,1-2H3. The van der Waals surface area contributed by atoms with E-state index in [1.807, 2.05) is 7.05 Å². The van der Waals surface area contributed by atoms with Crippen molar-refractivity contribution in [2.75, 3.05) is 20.8 Å². The summed E-state index contributed by atoms with van der Waals surface area (Å²) in [6, 6.07) is 0.769. The van der Waals surface area contributed by atoms with Crippen LogP contribution in [0.25, 0.3) is 0 Å².